The molecule has 3 aromatic rings. The largest absolute Gasteiger partial charge is 0.444 e. The molecule has 2 heterocycles. The van der Waals surface area contributed by atoms with Gasteiger partial charge in [0.2, 0.25) is 5.91 Å². The summed E-state index contributed by atoms with van der Waals surface area (Å²) in [6.45, 7) is 4.29. The number of benzene rings is 2. The molecular formula is C24H27N5O4. The van der Waals surface area contributed by atoms with Gasteiger partial charge in [0.1, 0.15) is 6.61 Å². The summed E-state index contributed by atoms with van der Waals surface area (Å²) < 4.78 is 11.0. The number of hydrogen-bond donors (Lipinski definition) is 2. The summed E-state index contributed by atoms with van der Waals surface area (Å²) in [5.41, 5.74) is 9.13. The number of nitrogens with two attached hydrogens (primary N) is 1. The van der Waals surface area contributed by atoms with Crippen molar-refractivity contribution in [2.75, 3.05) is 44.3 Å². The fourth-order valence-corrected chi connectivity index (χ4v) is 3.67. The Morgan fingerprint density at radius 1 is 1.12 bits per heavy atom. The van der Waals surface area contributed by atoms with Gasteiger partial charge in [0.05, 0.1) is 19.4 Å². The number of rotatable bonds is 8. The van der Waals surface area contributed by atoms with Gasteiger partial charge in [-0.3, -0.25) is 19.7 Å². The fraction of sp³-hybridized carbons (Fsp3) is 0.292. The van der Waals surface area contributed by atoms with Crippen molar-refractivity contribution in [3.8, 4) is 11.1 Å². The highest BCUT2D eigenvalue weighted by Crippen LogP contribution is 2.23. The van der Waals surface area contributed by atoms with Crippen LogP contribution in [-0.4, -0.2) is 66.5 Å². The lowest BCUT2D eigenvalue weighted by Crippen LogP contribution is -2.43. The number of nitrogens with one attached hydrogen (secondary N) is 1. The number of nitrogens with zero attached hydrogens (tertiary/aromatic N) is 3. The van der Waals surface area contributed by atoms with E-state index < -0.39 is 12.0 Å². The highest BCUT2D eigenvalue weighted by Gasteiger charge is 2.20. The van der Waals surface area contributed by atoms with Crippen molar-refractivity contribution in [3.63, 3.8) is 0 Å². The number of carbonyl (C=O) groups is 2. The van der Waals surface area contributed by atoms with E-state index in [9.17, 15) is 9.59 Å². The molecule has 1 aliphatic heterocycles. The van der Waals surface area contributed by atoms with Crippen LogP contribution in [0.5, 0.6) is 0 Å². The molecule has 0 spiro atoms. The summed E-state index contributed by atoms with van der Waals surface area (Å²) in [6.07, 6.45) is 3.11. The Balaban J connectivity index is 1.47. The van der Waals surface area contributed by atoms with Gasteiger partial charge in [0, 0.05) is 49.2 Å². The highest BCUT2D eigenvalue weighted by atomic mass is 16.6. The SMILES string of the molecule is NC(=O)c1cccc(COC(=O)N(CCN2CCOCC2)c2ccc(-c3cn[nH]c3)cc2)c1. The van der Waals surface area contributed by atoms with E-state index in [0.29, 0.717) is 37.4 Å². The molecule has 0 saturated carbocycles. The predicted molar refractivity (Wildman–Crippen MR) is 124 cm³/mol. The molecule has 3 N–H and O–H groups in total. The zero-order valence-electron chi connectivity index (χ0n) is 18.3. The van der Waals surface area contributed by atoms with E-state index in [1.165, 1.54) is 0 Å². The number of morpholine rings is 1. The van der Waals surface area contributed by atoms with Gasteiger partial charge >= 0.3 is 6.09 Å². The van der Waals surface area contributed by atoms with E-state index in [1.54, 1.807) is 35.4 Å². The predicted octanol–water partition coefficient (Wildman–Crippen LogP) is 2.65. The Kier molecular flexibility index (Phi) is 7.33. The maximum Gasteiger partial charge on any atom is 0.414 e. The number of H-pyrrole nitrogens is 1. The minimum atomic E-state index is -0.520. The van der Waals surface area contributed by atoms with Gasteiger partial charge in [0.15, 0.2) is 0 Å². The summed E-state index contributed by atoms with van der Waals surface area (Å²) in [4.78, 5) is 28.4. The second-order valence-electron chi connectivity index (χ2n) is 7.76. The Morgan fingerprint density at radius 3 is 2.61 bits per heavy atom. The summed E-state index contributed by atoms with van der Waals surface area (Å²) >= 11 is 0. The van der Waals surface area contributed by atoms with Crippen LogP contribution in [0.3, 0.4) is 0 Å². The summed E-state index contributed by atoms with van der Waals surface area (Å²) in [7, 11) is 0. The minimum absolute atomic E-state index is 0.0428. The standard InChI is InChI=1S/C24H27N5O4/c25-23(30)20-3-1-2-18(14-20)17-33-24(31)29(9-8-28-10-12-32-13-11-28)22-6-4-19(5-7-22)21-15-26-27-16-21/h1-7,14-16H,8-13,17H2,(H2,25,30)(H,26,27). The molecule has 172 valence electrons. The van der Waals surface area contributed by atoms with Crippen LogP contribution < -0.4 is 10.6 Å². The van der Waals surface area contributed by atoms with E-state index in [2.05, 4.69) is 15.1 Å². The van der Waals surface area contributed by atoms with Crippen LogP contribution in [0.1, 0.15) is 15.9 Å². The molecule has 1 saturated heterocycles. The van der Waals surface area contributed by atoms with Crippen LogP contribution in [0.4, 0.5) is 10.5 Å². The number of carbonyl (C=O) groups excluding carboxylic acids is 2. The molecule has 2 amide bonds. The van der Waals surface area contributed by atoms with Gasteiger partial charge in [-0.2, -0.15) is 5.10 Å². The lowest BCUT2D eigenvalue weighted by molar-refractivity contribution is 0.0390. The third-order valence-electron chi connectivity index (χ3n) is 5.55. The fourth-order valence-electron chi connectivity index (χ4n) is 3.67. The molecule has 0 unspecified atom stereocenters. The first-order valence-corrected chi connectivity index (χ1v) is 10.8. The molecule has 0 aliphatic carbocycles. The van der Waals surface area contributed by atoms with Gasteiger partial charge in [-0.05, 0) is 35.4 Å². The average molecular weight is 450 g/mol. The number of ether oxygens (including phenoxy) is 2. The van der Waals surface area contributed by atoms with Crippen LogP contribution in [0, 0.1) is 0 Å². The van der Waals surface area contributed by atoms with Gasteiger partial charge in [-0.25, -0.2) is 4.79 Å². The zero-order valence-corrected chi connectivity index (χ0v) is 18.3. The Labute approximate surface area is 192 Å². The van der Waals surface area contributed by atoms with Crippen LogP contribution in [0.2, 0.25) is 0 Å². The zero-order chi connectivity index (χ0) is 23.0. The van der Waals surface area contributed by atoms with Crippen LogP contribution in [0.15, 0.2) is 60.9 Å². The molecule has 0 atom stereocenters. The monoisotopic (exact) mass is 449 g/mol. The van der Waals surface area contributed by atoms with Crippen LogP contribution in [-0.2, 0) is 16.1 Å². The van der Waals surface area contributed by atoms with Crippen molar-refractivity contribution in [2.45, 2.75) is 6.61 Å². The van der Waals surface area contributed by atoms with Gasteiger partial charge in [0.25, 0.3) is 0 Å². The molecule has 9 heteroatoms. The first-order chi connectivity index (χ1) is 16.1. The Morgan fingerprint density at radius 2 is 1.91 bits per heavy atom. The summed E-state index contributed by atoms with van der Waals surface area (Å²) in [6, 6.07) is 14.5. The molecule has 2 aromatic carbocycles. The molecule has 0 radical (unpaired) electrons. The first-order valence-electron chi connectivity index (χ1n) is 10.8. The van der Waals surface area contributed by atoms with Crippen molar-refractivity contribution in [1.29, 1.82) is 0 Å². The van der Waals surface area contributed by atoms with Crippen molar-refractivity contribution >= 4 is 17.7 Å². The van der Waals surface area contributed by atoms with Crippen molar-refractivity contribution in [3.05, 3.63) is 72.1 Å². The second-order valence-corrected chi connectivity index (χ2v) is 7.76. The molecule has 1 aliphatic rings. The Hall–Kier alpha value is -3.69. The molecule has 9 nitrogen and oxygen atoms in total. The lowest BCUT2D eigenvalue weighted by Gasteiger charge is -2.30. The van der Waals surface area contributed by atoms with Crippen molar-refractivity contribution in [1.82, 2.24) is 15.1 Å². The van der Waals surface area contributed by atoms with E-state index in [-0.39, 0.29) is 6.61 Å². The third kappa shape index (κ3) is 5.97. The maximum absolute atomic E-state index is 13.1. The molecule has 4 rings (SSSR count). The van der Waals surface area contributed by atoms with Crippen molar-refractivity contribution < 1.29 is 19.1 Å². The number of amides is 2. The van der Waals surface area contributed by atoms with E-state index in [0.717, 1.165) is 29.9 Å². The lowest BCUT2D eigenvalue weighted by atomic mass is 10.1. The topological polar surface area (TPSA) is 114 Å². The maximum atomic E-state index is 13.1. The highest BCUT2D eigenvalue weighted by molar-refractivity contribution is 5.93. The quantitative estimate of drug-likeness (QED) is 0.547. The normalized spacial score (nSPS) is 14.1. The minimum Gasteiger partial charge on any atom is -0.444 e. The molecular weight excluding hydrogens is 422 g/mol. The number of hydrogen-bond acceptors (Lipinski definition) is 6. The molecule has 0 bridgehead atoms. The smallest absolute Gasteiger partial charge is 0.414 e. The molecule has 1 aromatic heterocycles. The third-order valence-corrected chi connectivity index (χ3v) is 5.55. The van der Waals surface area contributed by atoms with Gasteiger partial charge in [-0.1, -0.05) is 24.3 Å². The number of primary amides is 1. The van der Waals surface area contributed by atoms with Crippen LogP contribution in [0.25, 0.3) is 11.1 Å². The number of aromatic amines is 1. The number of anilines is 1. The van der Waals surface area contributed by atoms with Crippen LogP contribution >= 0.6 is 0 Å². The van der Waals surface area contributed by atoms with E-state index >= 15 is 0 Å². The second kappa shape index (κ2) is 10.8. The number of aromatic nitrogens is 2. The van der Waals surface area contributed by atoms with Crippen molar-refractivity contribution in [2.24, 2.45) is 5.73 Å². The first kappa shape index (κ1) is 22.5. The van der Waals surface area contributed by atoms with Gasteiger partial charge < -0.3 is 15.2 Å². The summed E-state index contributed by atoms with van der Waals surface area (Å²) in [5.74, 6) is -0.520. The molecule has 33 heavy (non-hydrogen) atoms. The van der Waals surface area contributed by atoms with E-state index in [1.807, 2.05) is 30.5 Å². The summed E-state index contributed by atoms with van der Waals surface area (Å²) in [5, 5.41) is 6.79. The Bertz CT molecular complexity index is 1060. The average Bonchev–Trinajstić information content (AvgIpc) is 3.39. The van der Waals surface area contributed by atoms with Gasteiger partial charge in [-0.15, -0.1) is 0 Å². The van der Waals surface area contributed by atoms with E-state index in [4.69, 9.17) is 15.2 Å². The molecule has 1 fully saturated rings.